The van der Waals surface area contributed by atoms with Crippen LogP contribution in [-0.4, -0.2) is 31.9 Å². The lowest BCUT2D eigenvalue weighted by molar-refractivity contribution is -0.119. The van der Waals surface area contributed by atoms with Gasteiger partial charge in [0, 0.05) is 5.69 Å². The Bertz CT molecular complexity index is 710. The van der Waals surface area contributed by atoms with E-state index in [0.717, 1.165) is 28.5 Å². The highest BCUT2D eigenvalue weighted by atomic mass is 16.5. The summed E-state index contributed by atoms with van der Waals surface area (Å²) in [5, 5.41) is 7.16. The lowest BCUT2D eigenvalue weighted by Gasteiger charge is -2.08. The van der Waals surface area contributed by atoms with Crippen molar-refractivity contribution in [2.45, 2.75) is 13.8 Å². The fourth-order valence-corrected chi connectivity index (χ4v) is 2.10. The van der Waals surface area contributed by atoms with Crippen LogP contribution in [0.2, 0.25) is 0 Å². The van der Waals surface area contributed by atoms with Crippen LogP contribution in [-0.2, 0) is 4.79 Å². The third-order valence-corrected chi connectivity index (χ3v) is 3.47. The number of hydrazone groups is 1. The molecular weight excluding hydrogens is 318 g/mol. The van der Waals surface area contributed by atoms with E-state index in [9.17, 15) is 4.79 Å². The summed E-state index contributed by atoms with van der Waals surface area (Å²) in [6.45, 7) is 4.53. The van der Waals surface area contributed by atoms with Gasteiger partial charge in [-0.25, -0.2) is 5.43 Å². The molecule has 6 heteroatoms. The Morgan fingerprint density at radius 2 is 1.68 bits per heavy atom. The van der Waals surface area contributed by atoms with Gasteiger partial charge >= 0.3 is 0 Å². The van der Waals surface area contributed by atoms with Gasteiger partial charge in [-0.1, -0.05) is 0 Å². The summed E-state index contributed by atoms with van der Waals surface area (Å²) >= 11 is 0. The number of benzene rings is 2. The number of carbonyl (C=O) groups is 1. The largest absolute Gasteiger partial charge is 0.497 e. The van der Waals surface area contributed by atoms with Crippen LogP contribution in [0.15, 0.2) is 53.6 Å². The van der Waals surface area contributed by atoms with Crippen LogP contribution in [0.1, 0.15) is 19.4 Å². The molecule has 2 N–H and O–H groups in total. The van der Waals surface area contributed by atoms with Crippen molar-refractivity contribution in [2.24, 2.45) is 5.10 Å². The number of amides is 1. The highest BCUT2D eigenvalue weighted by Gasteiger charge is 2.02. The second-order valence-electron chi connectivity index (χ2n) is 5.27. The minimum Gasteiger partial charge on any atom is -0.497 e. The Kier molecular flexibility index (Phi) is 6.83. The highest BCUT2D eigenvalue weighted by Crippen LogP contribution is 2.15. The molecule has 0 aliphatic heterocycles. The maximum absolute atomic E-state index is 11.9. The molecule has 1 amide bonds. The van der Waals surface area contributed by atoms with Gasteiger partial charge in [-0.05, 0) is 67.9 Å². The summed E-state index contributed by atoms with van der Waals surface area (Å²) < 4.78 is 10.5. The second-order valence-corrected chi connectivity index (χ2v) is 5.27. The Hall–Kier alpha value is -3.02. The molecule has 0 aliphatic rings. The first-order chi connectivity index (χ1) is 12.1. The van der Waals surface area contributed by atoms with Crippen molar-refractivity contribution in [3.63, 3.8) is 0 Å². The summed E-state index contributed by atoms with van der Waals surface area (Å²) in [5.74, 6) is 1.36. The van der Waals surface area contributed by atoms with E-state index in [1.165, 1.54) is 0 Å². The van der Waals surface area contributed by atoms with Crippen molar-refractivity contribution >= 4 is 17.3 Å². The lowest BCUT2D eigenvalue weighted by Crippen LogP contribution is -2.26. The number of hydrogen-bond donors (Lipinski definition) is 2. The van der Waals surface area contributed by atoms with Crippen molar-refractivity contribution in [3.05, 3.63) is 54.1 Å². The number of nitrogens with one attached hydrogen (secondary N) is 2. The predicted molar refractivity (Wildman–Crippen MR) is 99.4 cm³/mol. The van der Waals surface area contributed by atoms with E-state index in [4.69, 9.17) is 9.47 Å². The number of nitrogens with zero attached hydrogens (tertiary/aromatic N) is 1. The zero-order valence-electron chi connectivity index (χ0n) is 14.7. The van der Waals surface area contributed by atoms with Gasteiger partial charge < -0.3 is 14.8 Å². The fourth-order valence-electron chi connectivity index (χ4n) is 2.10. The average molecular weight is 341 g/mol. The minimum atomic E-state index is -0.221. The van der Waals surface area contributed by atoms with Gasteiger partial charge in [0.1, 0.15) is 11.5 Å². The Morgan fingerprint density at radius 1 is 1.04 bits per heavy atom. The third kappa shape index (κ3) is 5.84. The topological polar surface area (TPSA) is 72.0 Å². The molecule has 0 saturated heterocycles. The van der Waals surface area contributed by atoms with Crippen molar-refractivity contribution in [3.8, 4) is 11.5 Å². The number of rotatable bonds is 8. The first-order valence-electron chi connectivity index (χ1n) is 8.06. The monoisotopic (exact) mass is 341 g/mol. The number of anilines is 1. The van der Waals surface area contributed by atoms with Crippen LogP contribution in [0.4, 0.5) is 5.69 Å². The van der Waals surface area contributed by atoms with Crippen LogP contribution in [0.25, 0.3) is 0 Å². The molecule has 0 unspecified atom stereocenters. The van der Waals surface area contributed by atoms with E-state index in [2.05, 4.69) is 15.8 Å². The maximum Gasteiger partial charge on any atom is 0.259 e. The zero-order chi connectivity index (χ0) is 18.1. The molecule has 6 nitrogen and oxygen atoms in total. The van der Waals surface area contributed by atoms with Crippen molar-refractivity contribution in [1.82, 2.24) is 5.43 Å². The van der Waals surface area contributed by atoms with Crippen LogP contribution in [0.3, 0.4) is 0 Å². The normalized spacial score (nSPS) is 10.9. The summed E-state index contributed by atoms with van der Waals surface area (Å²) in [6.07, 6.45) is 0. The van der Waals surface area contributed by atoms with Gasteiger partial charge in [-0.15, -0.1) is 0 Å². The number of methoxy groups -OCH3 is 1. The first-order valence-corrected chi connectivity index (χ1v) is 8.06. The van der Waals surface area contributed by atoms with Gasteiger partial charge in [0.2, 0.25) is 0 Å². The van der Waals surface area contributed by atoms with Crippen LogP contribution >= 0.6 is 0 Å². The van der Waals surface area contributed by atoms with Gasteiger partial charge in [-0.2, -0.15) is 5.10 Å². The summed E-state index contributed by atoms with van der Waals surface area (Å²) in [7, 11) is 1.62. The molecule has 0 spiro atoms. The molecule has 2 aromatic carbocycles. The molecular formula is C19H23N3O3. The Labute approximate surface area is 147 Å². The minimum absolute atomic E-state index is 0.132. The number of hydrogen-bond acceptors (Lipinski definition) is 5. The van der Waals surface area contributed by atoms with Gasteiger partial charge in [0.05, 0.1) is 26.0 Å². The lowest BCUT2D eigenvalue weighted by atomic mass is 10.1. The molecule has 0 aliphatic carbocycles. The molecule has 0 aromatic heterocycles. The van der Waals surface area contributed by atoms with E-state index in [1.54, 1.807) is 7.11 Å². The molecule has 0 fully saturated rings. The van der Waals surface area contributed by atoms with Gasteiger partial charge in [0.15, 0.2) is 0 Å². The average Bonchev–Trinajstić information content (AvgIpc) is 2.66. The van der Waals surface area contributed by atoms with Crippen molar-refractivity contribution < 1.29 is 14.3 Å². The third-order valence-electron chi connectivity index (χ3n) is 3.47. The smallest absolute Gasteiger partial charge is 0.259 e. The zero-order valence-corrected chi connectivity index (χ0v) is 14.7. The van der Waals surface area contributed by atoms with Crippen molar-refractivity contribution in [2.75, 3.05) is 25.6 Å². The maximum atomic E-state index is 11.9. The molecule has 0 atom stereocenters. The SMILES string of the molecule is CCOc1ccc(NCC(=O)N/N=C(\C)c2ccc(OC)cc2)cc1. The second kappa shape index (κ2) is 9.32. The molecule has 25 heavy (non-hydrogen) atoms. The Morgan fingerprint density at radius 3 is 2.28 bits per heavy atom. The first kappa shape index (κ1) is 18.3. The quantitative estimate of drug-likeness (QED) is 0.572. The summed E-state index contributed by atoms with van der Waals surface area (Å²) in [5.41, 5.74) is 5.02. The number of carbonyl (C=O) groups excluding carboxylic acids is 1. The molecule has 0 radical (unpaired) electrons. The molecule has 132 valence electrons. The standard InChI is InChI=1S/C19H23N3O3/c1-4-25-18-11-7-16(8-12-18)20-13-19(23)22-21-14(2)15-5-9-17(24-3)10-6-15/h5-12,20H,4,13H2,1-3H3,(H,22,23)/b21-14+. The Balaban J connectivity index is 1.82. The van der Waals surface area contributed by atoms with Crippen LogP contribution < -0.4 is 20.2 Å². The van der Waals surface area contributed by atoms with E-state index in [-0.39, 0.29) is 12.5 Å². The predicted octanol–water partition coefficient (Wildman–Crippen LogP) is 3.05. The van der Waals surface area contributed by atoms with E-state index < -0.39 is 0 Å². The highest BCUT2D eigenvalue weighted by molar-refractivity contribution is 5.99. The van der Waals surface area contributed by atoms with Crippen LogP contribution in [0.5, 0.6) is 11.5 Å². The van der Waals surface area contributed by atoms with Crippen LogP contribution in [0, 0.1) is 0 Å². The molecule has 0 bridgehead atoms. The number of ether oxygens (including phenoxy) is 2. The summed E-state index contributed by atoms with van der Waals surface area (Å²) in [6, 6.07) is 14.9. The van der Waals surface area contributed by atoms with Gasteiger partial charge in [-0.3, -0.25) is 4.79 Å². The van der Waals surface area contributed by atoms with Gasteiger partial charge in [0.25, 0.3) is 5.91 Å². The molecule has 0 saturated carbocycles. The molecule has 2 rings (SSSR count). The summed E-state index contributed by atoms with van der Waals surface area (Å²) in [4.78, 5) is 11.9. The van der Waals surface area contributed by atoms with E-state index in [1.807, 2.05) is 62.4 Å². The molecule has 2 aromatic rings. The van der Waals surface area contributed by atoms with Crippen molar-refractivity contribution in [1.29, 1.82) is 0 Å². The van der Waals surface area contributed by atoms with E-state index >= 15 is 0 Å². The van der Waals surface area contributed by atoms with E-state index in [0.29, 0.717) is 6.61 Å². The molecule has 0 heterocycles. The fraction of sp³-hybridized carbons (Fsp3) is 0.263.